The van der Waals surface area contributed by atoms with Crippen molar-refractivity contribution >= 4 is 11.6 Å². The van der Waals surface area contributed by atoms with Gasteiger partial charge in [0.1, 0.15) is 5.82 Å². The largest absolute Gasteiger partial charge is 0.412 e. The third kappa shape index (κ3) is 2.92. The van der Waals surface area contributed by atoms with Gasteiger partial charge in [0.05, 0.1) is 5.56 Å². The summed E-state index contributed by atoms with van der Waals surface area (Å²) < 4.78 is 51.0. The van der Waals surface area contributed by atoms with Crippen molar-refractivity contribution in [3.05, 3.63) is 41.2 Å². The second-order valence-corrected chi connectivity index (χ2v) is 4.47. The molecule has 0 bridgehead atoms. The highest BCUT2D eigenvalue weighted by Gasteiger charge is 2.35. The summed E-state index contributed by atoms with van der Waals surface area (Å²) in [6, 6.07) is 3.61. The van der Waals surface area contributed by atoms with E-state index in [9.17, 15) is 22.4 Å². The first-order valence-corrected chi connectivity index (χ1v) is 5.89. The van der Waals surface area contributed by atoms with E-state index in [2.05, 4.69) is 0 Å². The SMILES string of the molecule is Nc1ccc(C(=O)N2CC=C(C(F)(F)F)CC2)c(F)c1. The molecule has 0 unspecified atom stereocenters. The number of alkyl halides is 3. The van der Waals surface area contributed by atoms with E-state index in [1.54, 1.807) is 0 Å². The zero-order valence-electron chi connectivity index (χ0n) is 10.4. The molecule has 1 aliphatic rings. The maximum Gasteiger partial charge on any atom is 0.412 e. The predicted molar refractivity (Wildman–Crippen MR) is 65.5 cm³/mol. The smallest absolute Gasteiger partial charge is 0.399 e. The van der Waals surface area contributed by atoms with Crippen LogP contribution in [0.5, 0.6) is 0 Å². The molecular formula is C13H12F4N2O. The molecule has 0 fully saturated rings. The van der Waals surface area contributed by atoms with E-state index in [1.165, 1.54) is 17.0 Å². The molecule has 20 heavy (non-hydrogen) atoms. The molecule has 1 aliphatic heterocycles. The van der Waals surface area contributed by atoms with Gasteiger partial charge in [0.25, 0.3) is 5.91 Å². The molecule has 2 N–H and O–H groups in total. The van der Waals surface area contributed by atoms with Crippen LogP contribution in [0.25, 0.3) is 0 Å². The van der Waals surface area contributed by atoms with Crippen molar-refractivity contribution in [2.75, 3.05) is 18.8 Å². The molecule has 0 saturated heterocycles. The quantitative estimate of drug-likeness (QED) is 0.490. The Morgan fingerprint density at radius 3 is 2.50 bits per heavy atom. The lowest BCUT2D eigenvalue weighted by molar-refractivity contribution is -0.0957. The minimum atomic E-state index is -4.37. The number of rotatable bonds is 1. The Morgan fingerprint density at radius 1 is 1.30 bits per heavy atom. The van der Waals surface area contributed by atoms with Crippen molar-refractivity contribution in [1.82, 2.24) is 4.90 Å². The van der Waals surface area contributed by atoms with Crippen LogP contribution < -0.4 is 5.73 Å². The van der Waals surface area contributed by atoms with Crippen LogP contribution in [-0.2, 0) is 0 Å². The van der Waals surface area contributed by atoms with Gasteiger partial charge < -0.3 is 10.6 Å². The lowest BCUT2D eigenvalue weighted by atomic mass is 10.1. The molecular weight excluding hydrogens is 276 g/mol. The Hall–Kier alpha value is -2.05. The standard InChI is InChI=1S/C13H12F4N2O/c14-11-7-9(18)1-2-10(11)12(20)19-5-3-8(4-6-19)13(15,16)17/h1-3,7H,4-6,18H2. The third-order valence-corrected chi connectivity index (χ3v) is 3.08. The molecule has 0 radical (unpaired) electrons. The number of carbonyl (C=O) groups excluding carboxylic acids is 1. The summed E-state index contributed by atoms with van der Waals surface area (Å²) in [7, 11) is 0. The van der Waals surface area contributed by atoms with Crippen LogP contribution in [0, 0.1) is 5.82 Å². The van der Waals surface area contributed by atoms with Crippen LogP contribution in [0.3, 0.4) is 0 Å². The number of nitrogens with zero attached hydrogens (tertiary/aromatic N) is 1. The molecule has 3 nitrogen and oxygen atoms in total. The van der Waals surface area contributed by atoms with E-state index in [1.807, 2.05) is 0 Å². The lowest BCUT2D eigenvalue weighted by Gasteiger charge is -2.27. The van der Waals surface area contributed by atoms with Gasteiger partial charge >= 0.3 is 6.18 Å². The van der Waals surface area contributed by atoms with E-state index in [-0.39, 0.29) is 30.8 Å². The van der Waals surface area contributed by atoms with E-state index < -0.39 is 23.5 Å². The number of benzene rings is 1. The summed E-state index contributed by atoms with van der Waals surface area (Å²) in [5.41, 5.74) is 4.71. The van der Waals surface area contributed by atoms with Gasteiger partial charge in [0, 0.05) is 24.4 Å². The fourth-order valence-corrected chi connectivity index (χ4v) is 1.99. The van der Waals surface area contributed by atoms with Crippen LogP contribution in [0.15, 0.2) is 29.8 Å². The first-order valence-electron chi connectivity index (χ1n) is 5.89. The van der Waals surface area contributed by atoms with Crippen LogP contribution in [0.2, 0.25) is 0 Å². The molecule has 0 saturated carbocycles. The van der Waals surface area contributed by atoms with Crippen LogP contribution >= 0.6 is 0 Å². The van der Waals surface area contributed by atoms with Gasteiger partial charge in [-0.25, -0.2) is 4.39 Å². The second kappa shape index (κ2) is 5.15. The molecule has 1 heterocycles. The highest BCUT2D eigenvalue weighted by molar-refractivity contribution is 5.95. The molecule has 0 spiro atoms. The third-order valence-electron chi connectivity index (χ3n) is 3.08. The zero-order valence-corrected chi connectivity index (χ0v) is 10.4. The fraction of sp³-hybridized carbons (Fsp3) is 0.308. The number of hydrogen-bond donors (Lipinski definition) is 1. The summed E-state index contributed by atoms with van der Waals surface area (Å²) >= 11 is 0. The maximum atomic E-state index is 13.6. The van der Waals surface area contributed by atoms with E-state index in [4.69, 9.17) is 5.73 Å². The van der Waals surface area contributed by atoms with Gasteiger partial charge in [0.15, 0.2) is 0 Å². The summed E-state index contributed by atoms with van der Waals surface area (Å²) in [6.45, 7) is -0.272. The Morgan fingerprint density at radius 2 is 2.00 bits per heavy atom. The molecule has 0 aliphatic carbocycles. The Kier molecular flexibility index (Phi) is 3.69. The van der Waals surface area contributed by atoms with Gasteiger partial charge in [-0.1, -0.05) is 6.08 Å². The van der Waals surface area contributed by atoms with E-state index in [0.717, 1.165) is 12.1 Å². The first-order chi connectivity index (χ1) is 9.29. The Bertz CT molecular complexity index is 566. The lowest BCUT2D eigenvalue weighted by Crippen LogP contribution is -2.37. The van der Waals surface area contributed by atoms with Crippen molar-refractivity contribution in [3.63, 3.8) is 0 Å². The van der Waals surface area contributed by atoms with E-state index >= 15 is 0 Å². The van der Waals surface area contributed by atoms with Crippen molar-refractivity contribution in [2.24, 2.45) is 0 Å². The summed E-state index contributed by atoms with van der Waals surface area (Å²) in [5, 5.41) is 0. The normalized spacial score (nSPS) is 16.0. The van der Waals surface area contributed by atoms with Gasteiger partial charge in [-0.3, -0.25) is 4.79 Å². The minimum Gasteiger partial charge on any atom is -0.399 e. The number of nitrogens with two attached hydrogens (primary N) is 1. The zero-order chi connectivity index (χ0) is 14.9. The molecule has 1 aromatic rings. The molecule has 0 atom stereocenters. The molecule has 2 rings (SSSR count). The van der Waals surface area contributed by atoms with Crippen LogP contribution in [0.4, 0.5) is 23.2 Å². The number of anilines is 1. The fourth-order valence-electron chi connectivity index (χ4n) is 1.99. The highest BCUT2D eigenvalue weighted by Crippen LogP contribution is 2.30. The van der Waals surface area contributed by atoms with Crippen LogP contribution in [-0.4, -0.2) is 30.1 Å². The van der Waals surface area contributed by atoms with Gasteiger partial charge in [-0.05, 0) is 24.6 Å². The summed E-state index contributed by atoms with van der Waals surface area (Å²) in [5.74, 6) is -1.42. The molecule has 108 valence electrons. The molecule has 0 aromatic heterocycles. The van der Waals surface area contributed by atoms with Gasteiger partial charge in [-0.15, -0.1) is 0 Å². The number of halogens is 4. The molecule has 7 heteroatoms. The second-order valence-electron chi connectivity index (χ2n) is 4.47. The Balaban J connectivity index is 2.14. The van der Waals surface area contributed by atoms with Gasteiger partial charge in [0.2, 0.25) is 0 Å². The highest BCUT2D eigenvalue weighted by atomic mass is 19.4. The molecule has 1 aromatic carbocycles. The topological polar surface area (TPSA) is 46.3 Å². The first kappa shape index (κ1) is 14.4. The number of hydrogen-bond acceptors (Lipinski definition) is 2. The van der Waals surface area contributed by atoms with Crippen molar-refractivity contribution < 1.29 is 22.4 Å². The monoisotopic (exact) mass is 288 g/mol. The Labute approximate surface area is 112 Å². The maximum absolute atomic E-state index is 13.6. The van der Waals surface area contributed by atoms with Crippen molar-refractivity contribution in [2.45, 2.75) is 12.6 Å². The minimum absolute atomic E-state index is 0.0893. The van der Waals surface area contributed by atoms with E-state index in [0.29, 0.717) is 0 Å². The van der Waals surface area contributed by atoms with Crippen molar-refractivity contribution in [3.8, 4) is 0 Å². The number of carbonyl (C=O) groups is 1. The average Bonchev–Trinajstić information content (AvgIpc) is 2.37. The summed E-state index contributed by atoms with van der Waals surface area (Å²) in [6.07, 6.45) is -3.70. The van der Waals surface area contributed by atoms with Gasteiger partial charge in [-0.2, -0.15) is 13.2 Å². The number of amides is 1. The summed E-state index contributed by atoms with van der Waals surface area (Å²) in [4.78, 5) is 13.2. The average molecular weight is 288 g/mol. The van der Waals surface area contributed by atoms with Crippen molar-refractivity contribution in [1.29, 1.82) is 0 Å². The van der Waals surface area contributed by atoms with Crippen LogP contribution in [0.1, 0.15) is 16.8 Å². The predicted octanol–water partition coefficient (Wildman–Crippen LogP) is 2.74. The molecule has 1 amide bonds. The number of nitrogen functional groups attached to an aromatic ring is 1.